The van der Waals surface area contributed by atoms with Crippen molar-refractivity contribution in [3.8, 4) is 0 Å². The zero-order valence-electron chi connectivity index (χ0n) is 10.8. The third kappa shape index (κ3) is 3.71. The Balaban J connectivity index is 1.84. The molecule has 1 heterocycles. The predicted octanol–water partition coefficient (Wildman–Crippen LogP) is 3.15. The minimum Gasteiger partial charge on any atom is -0.308 e. The van der Waals surface area contributed by atoms with Crippen LogP contribution >= 0.6 is 11.8 Å². The molecule has 1 aromatic rings. The number of aryl methyl sites for hydroxylation is 1. The molecule has 0 spiro atoms. The number of nitrogens with one attached hydrogen (secondary N) is 1. The number of hydrogen-bond donors (Lipinski definition) is 1. The third-order valence-electron chi connectivity index (χ3n) is 3.64. The van der Waals surface area contributed by atoms with E-state index >= 15 is 0 Å². The maximum absolute atomic E-state index is 4.43. The Hall–Kier alpha value is -0.540. The van der Waals surface area contributed by atoms with Crippen molar-refractivity contribution in [1.29, 1.82) is 0 Å². The molecule has 1 N–H and O–H groups in total. The minimum absolute atomic E-state index is 0.683. The lowest BCUT2D eigenvalue weighted by atomic mass is 9.95. The molecular weight excluding hydrogens is 228 g/mol. The summed E-state index contributed by atoms with van der Waals surface area (Å²) in [5.41, 5.74) is 2.48. The van der Waals surface area contributed by atoms with Crippen molar-refractivity contribution < 1.29 is 0 Å². The van der Waals surface area contributed by atoms with Crippen LogP contribution in [0.1, 0.15) is 36.9 Å². The van der Waals surface area contributed by atoms with Gasteiger partial charge >= 0.3 is 0 Å². The van der Waals surface area contributed by atoms with Gasteiger partial charge in [-0.15, -0.1) is 0 Å². The molecule has 2 nitrogen and oxygen atoms in total. The summed E-state index contributed by atoms with van der Waals surface area (Å²) in [4.78, 5) is 4.43. The number of nitrogens with zero attached hydrogens (tertiary/aromatic N) is 1. The second-order valence-corrected chi connectivity index (χ2v) is 6.01. The first-order chi connectivity index (χ1) is 8.29. The highest BCUT2D eigenvalue weighted by Crippen LogP contribution is 2.27. The van der Waals surface area contributed by atoms with Gasteiger partial charge < -0.3 is 5.32 Å². The van der Waals surface area contributed by atoms with Gasteiger partial charge in [0.15, 0.2) is 0 Å². The molecule has 2 unspecified atom stereocenters. The zero-order chi connectivity index (χ0) is 12.1. The number of pyridine rings is 1. The van der Waals surface area contributed by atoms with E-state index in [2.05, 4.69) is 29.5 Å². The number of hydrogen-bond acceptors (Lipinski definition) is 3. The first-order valence-electron chi connectivity index (χ1n) is 6.46. The van der Waals surface area contributed by atoms with Gasteiger partial charge in [0.25, 0.3) is 0 Å². The van der Waals surface area contributed by atoms with Crippen LogP contribution < -0.4 is 5.32 Å². The molecule has 0 bridgehead atoms. The fourth-order valence-corrected chi connectivity index (χ4v) is 3.32. The summed E-state index contributed by atoms with van der Waals surface area (Å²) in [7, 11) is 0. The van der Waals surface area contributed by atoms with Gasteiger partial charge in [0.1, 0.15) is 0 Å². The van der Waals surface area contributed by atoms with Gasteiger partial charge in [-0.2, -0.15) is 11.8 Å². The zero-order valence-corrected chi connectivity index (χ0v) is 11.6. The maximum Gasteiger partial charge on any atom is 0.0570 e. The van der Waals surface area contributed by atoms with Crippen molar-refractivity contribution in [2.45, 2.75) is 50.4 Å². The average Bonchev–Trinajstić information content (AvgIpc) is 2.38. The van der Waals surface area contributed by atoms with E-state index in [-0.39, 0.29) is 0 Å². The lowest BCUT2D eigenvalue weighted by molar-refractivity contribution is 0.378. The quantitative estimate of drug-likeness (QED) is 0.888. The smallest absolute Gasteiger partial charge is 0.0570 e. The van der Waals surface area contributed by atoms with E-state index < -0.39 is 0 Å². The van der Waals surface area contributed by atoms with Crippen LogP contribution in [0.3, 0.4) is 0 Å². The summed E-state index contributed by atoms with van der Waals surface area (Å²) in [6.45, 7) is 3.05. The first kappa shape index (κ1) is 12.9. The van der Waals surface area contributed by atoms with Crippen LogP contribution in [-0.4, -0.2) is 22.5 Å². The average molecular weight is 250 g/mol. The highest BCUT2D eigenvalue weighted by Gasteiger charge is 2.20. The Labute approximate surface area is 109 Å². The lowest BCUT2D eigenvalue weighted by Crippen LogP contribution is -2.35. The molecule has 2 atom stereocenters. The molecule has 1 aromatic heterocycles. The molecule has 0 aliphatic heterocycles. The molecule has 0 amide bonds. The van der Waals surface area contributed by atoms with Crippen LogP contribution in [0.15, 0.2) is 18.3 Å². The summed E-state index contributed by atoms with van der Waals surface area (Å²) in [5.74, 6) is 0. The molecular formula is C14H22N2S. The van der Waals surface area contributed by atoms with Gasteiger partial charge in [0, 0.05) is 24.0 Å². The van der Waals surface area contributed by atoms with Crippen molar-refractivity contribution in [3.05, 3.63) is 29.6 Å². The van der Waals surface area contributed by atoms with E-state index in [4.69, 9.17) is 0 Å². The van der Waals surface area contributed by atoms with Gasteiger partial charge in [-0.25, -0.2) is 0 Å². The van der Waals surface area contributed by atoms with E-state index in [0.29, 0.717) is 6.04 Å². The molecule has 2 rings (SSSR count). The number of rotatable bonds is 4. The third-order valence-corrected chi connectivity index (χ3v) is 4.73. The lowest BCUT2D eigenvalue weighted by Gasteiger charge is -2.28. The molecule has 0 radical (unpaired) electrons. The standard InChI is InChI=1S/C14H22N2S/c1-11-5-4-8-15-14(11)10-16-12-6-3-7-13(9-12)17-2/h4-5,8,12-13,16H,3,6-7,9-10H2,1-2H3. The maximum atomic E-state index is 4.43. The summed E-state index contributed by atoms with van der Waals surface area (Å²) < 4.78 is 0. The fraction of sp³-hybridized carbons (Fsp3) is 0.643. The predicted molar refractivity (Wildman–Crippen MR) is 75.4 cm³/mol. The van der Waals surface area contributed by atoms with E-state index in [1.54, 1.807) is 0 Å². The second kappa shape index (κ2) is 6.41. The Morgan fingerprint density at radius 3 is 3.12 bits per heavy atom. The van der Waals surface area contributed by atoms with Gasteiger partial charge in [0.05, 0.1) is 5.69 Å². The van der Waals surface area contributed by atoms with Crippen molar-refractivity contribution >= 4 is 11.8 Å². The Morgan fingerprint density at radius 1 is 1.47 bits per heavy atom. The Kier molecular flexibility index (Phi) is 4.86. The van der Waals surface area contributed by atoms with Crippen molar-refractivity contribution in [2.75, 3.05) is 6.26 Å². The van der Waals surface area contributed by atoms with Crippen LogP contribution in [0.5, 0.6) is 0 Å². The van der Waals surface area contributed by atoms with E-state index in [9.17, 15) is 0 Å². The largest absolute Gasteiger partial charge is 0.308 e. The highest BCUT2D eigenvalue weighted by molar-refractivity contribution is 7.99. The molecule has 1 fully saturated rings. The highest BCUT2D eigenvalue weighted by atomic mass is 32.2. The molecule has 3 heteroatoms. The summed E-state index contributed by atoms with van der Waals surface area (Å²) >= 11 is 2.02. The normalized spacial score (nSPS) is 24.8. The molecule has 94 valence electrons. The second-order valence-electron chi connectivity index (χ2n) is 4.87. The van der Waals surface area contributed by atoms with Crippen LogP contribution in [0, 0.1) is 6.92 Å². The first-order valence-corrected chi connectivity index (χ1v) is 7.75. The molecule has 0 saturated heterocycles. The van der Waals surface area contributed by atoms with Crippen molar-refractivity contribution in [2.24, 2.45) is 0 Å². The minimum atomic E-state index is 0.683. The van der Waals surface area contributed by atoms with E-state index in [0.717, 1.165) is 11.8 Å². The van der Waals surface area contributed by atoms with Crippen molar-refractivity contribution in [3.63, 3.8) is 0 Å². The molecule has 1 aliphatic carbocycles. The number of thioether (sulfide) groups is 1. The van der Waals surface area contributed by atoms with E-state index in [1.807, 2.05) is 24.0 Å². The Bertz CT molecular complexity index is 354. The molecule has 1 saturated carbocycles. The monoisotopic (exact) mass is 250 g/mol. The molecule has 1 aliphatic rings. The van der Waals surface area contributed by atoms with Crippen LogP contribution in [0.2, 0.25) is 0 Å². The topological polar surface area (TPSA) is 24.9 Å². The summed E-state index contributed by atoms with van der Waals surface area (Å²) in [6.07, 6.45) is 9.51. The van der Waals surface area contributed by atoms with Gasteiger partial charge in [-0.3, -0.25) is 4.98 Å². The van der Waals surface area contributed by atoms with E-state index in [1.165, 1.54) is 36.9 Å². The SMILES string of the molecule is CSC1CCCC(NCc2ncccc2C)C1. The molecule has 17 heavy (non-hydrogen) atoms. The van der Waals surface area contributed by atoms with Crippen LogP contribution in [-0.2, 0) is 6.54 Å². The summed E-state index contributed by atoms with van der Waals surface area (Å²) in [6, 6.07) is 4.82. The van der Waals surface area contributed by atoms with Gasteiger partial charge in [-0.05, 0) is 44.1 Å². The fourth-order valence-electron chi connectivity index (χ4n) is 2.49. The molecule has 0 aromatic carbocycles. The van der Waals surface area contributed by atoms with Gasteiger partial charge in [-0.1, -0.05) is 12.5 Å². The Morgan fingerprint density at radius 2 is 2.35 bits per heavy atom. The van der Waals surface area contributed by atoms with Crippen molar-refractivity contribution in [1.82, 2.24) is 10.3 Å². The van der Waals surface area contributed by atoms with Crippen LogP contribution in [0.4, 0.5) is 0 Å². The number of aromatic nitrogens is 1. The van der Waals surface area contributed by atoms with Crippen LogP contribution in [0.25, 0.3) is 0 Å². The summed E-state index contributed by atoms with van der Waals surface area (Å²) in [5, 5.41) is 4.52. The van der Waals surface area contributed by atoms with Gasteiger partial charge in [0.2, 0.25) is 0 Å².